The zero-order chi connectivity index (χ0) is 28.4. The van der Waals surface area contributed by atoms with Gasteiger partial charge in [-0.3, -0.25) is 29.1 Å². The van der Waals surface area contributed by atoms with Gasteiger partial charge in [-0.15, -0.1) is 0 Å². The molecule has 0 saturated carbocycles. The number of aromatic nitrogens is 1. The number of aliphatic hydroxyl groups is 1. The van der Waals surface area contributed by atoms with E-state index in [4.69, 9.17) is 0 Å². The van der Waals surface area contributed by atoms with E-state index in [1.165, 1.54) is 6.92 Å². The summed E-state index contributed by atoms with van der Waals surface area (Å²) in [6.07, 6.45) is 0.628. The molecular weight excluding hydrogens is 500 g/mol. The number of amides is 4. The fourth-order valence-corrected chi connectivity index (χ4v) is 4.32. The summed E-state index contributed by atoms with van der Waals surface area (Å²) in [5.41, 5.74) is 1.54. The SMILES string of the molecule is CC(C)[C@H]1NC(=O)CN(Cc2ccccn2)CCNC(=O)[C@H]([C@@H](C)O)NC(=O)[C@H](Cc2ccccc2)NC1=O. The fourth-order valence-electron chi connectivity index (χ4n) is 4.32. The lowest BCUT2D eigenvalue weighted by Crippen LogP contribution is -2.60. The zero-order valence-electron chi connectivity index (χ0n) is 22.6. The Morgan fingerprint density at radius 1 is 0.897 bits per heavy atom. The van der Waals surface area contributed by atoms with Crippen LogP contribution in [0.1, 0.15) is 32.0 Å². The summed E-state index contributed by atoms with van der Waals surface area (Å²) in [5, 5.41) is 21.2. The molecule has 1 aromatic heterocycles. The number of hydrogen-bond donors (Lipinski definition) is 5. The molecule has 1 saturated heterocycles. The van der Waals surface area contributed by atoms with Crippen molar-refractivity contribution in [2.75, 3.05) is 19.6 Å². The highest BCUT2D eigenvalue weighted by Gasteiger charge is 2.33. The van der Waals surface area contributed by atoms with Gasteiger partial charge in [-0.05, 0) is 30.5 Å². The van der Waals surface area contributed by atoms with E-state index in [9.17, 15) is 24.3 Å². The van der Waals surface area contributed by atoms with E-state index in [1.54, 1.807) is 17.2 Å². The molecule has 1 fully saturated rings. The lowest BCUT2D eigenvalue weighted by atomic mass is 10.0. The third kappa shape index (κ3) is 9.15. The maximum absolute atomic E-state index is 13.4. The molecule has 4 amide bonds. The first-order valence-electron chi connectivity index (χ1n) is 13.2. The molecule has 1 aliphatic rings. The number of nitrogens with one attached hydrogen (secondary N) is 4. The first-order chi connectivity index (χ1) is 18.6. The summed E-state index contributed by atoms with van der Waals surface area (Å²) in [7, 11) is 0. The van der Waals surface area contributed by atoms with E-state index in [2.05, 4.69) is 26.3 Å². The van der Waals surface area contributed by atoms with Crippen LogP contribution in [-0.4, -0.2) is 82.5 Å². The fraction of sp³-hybridized carbons (Fsp3) is 0.464. The quantitative estimate of drug-likeness (QED) is 0.340. The summed E-state index contributed by atoms with van der Waals surface area (Å²) in [6, 6.07) is 11.4. The van der Waals surface area contributed by atoms with Gasteiger partial charge in [0.15, 0.2) is 0 Å². The number of carbonyl (C=O) groups is 4. The second kappa shape index (κ2) is 14.4. The third-order valence-electron chi connectivity index (χ3n) is 6.45. The van der Waals surface area contributed by atoms with E-state index in [-0.39, 0.29) is 31.3 Å². The van der Waals surface area contributed by atoms with Crippen LogP contribution < -0.4 is 21.3 Å². The van der Waals surface area contributed by atoms with Crippen molar-refractivity contribution in [3.05, 3.63) is 66.0 Å². The van der Waals surface area contributed by atoms with Crippen molar-refractivity contribution in [3.63, 3.8) is 0 Å². The maximum atomic E-state index is 13.4. The highest BCUT2D eigenvalue weighted by molar-refractivity contribution is 5.94. The molecule has 2 heterocycles. The van der Waals surface area contributed by atoms with Crippen LogP contribution >= 0.6 is 0 Å². The van der Waals surface area contributed by atoms with E-state index in [1.807, 2.05) is 56.3 Å². The van der Waals surface area contributed by atoms with E-state index in [0.29, 0.717) is 13.1 Å². The first kappa shape index (κ1) is 29.7. The molecule has 1 aromatic carbocycles. The normalized spacial score (nSPS) is 23.1. The van der Waals surface area contributed by atoms with Crippen molar-refractivity contribution in [1.82, 2.24) is 31.2 Å². The molecule has 0 unspecified atom stereocenters. The lowest BCUT2D eigenvalue weighted by molar-refractivity contribution is -0.135. The van der Waals surface area contributed by atoms with Crippen molar-refractivity contribution in [2.24, 2.45) is 5.92 Å². The van der Waals surface area contributed by atoms with Crippen LogP contribution in [0.3, 0.4) is 0 Å². The highest BCUT2D eigenvalue weighted by Crippen LogP contribution is 2.09. The number of pyridine rings is 1. The molecular formula is C28H38N6O5. The molecule has 5 N–H and O–H groups in total. The summed E-state index contributed by atoms with van der Waals surface area (Å²) in [5.74, 6) is -2.33. The topological polar surface area (TPSA) is 153 Å². The Morgan fingerprint density at radius 3 is 2.26 bits per heavy atom. The average Bonchev–Trinajstić information content (AvgIpc) is 2.90. The van der Waals surface area contributed by atoms with Crippen LogP contribution in [-0.2, 0) is 32.1 Å². The van der Waals surface area contributed by atoms with Gasteiger partial charge in [0.1, 0.15) is 18.1 Å². The monoisotopic (exact) mass is 538 g/mol. The maximum Gasteiger partial charge on any atom is 0.245 e. The molecule has 210 valence electrons. The van der Waals surface area contributed by atoms with Crippen LogP contribution in [0.2, 0.25) is 0 Å². The second-order valence-electron chi connectivity index (χ2n) is 10.1. The Bertz CT molecular complexity index is 1110. The predicted octanol–water partition coefficient (Wildman–Crippen LogP) is -0.253. The van der Waals surface area contributed by atoms with Gasteiger partial charge in [-0.2, -0.15) is 0 Å². The van der Waals surface area contributed by atoms with Crippen molar-refractivity contribution in [3.8, 4) is 0 Å². The Balaban J connectivity index is 1.89. The third-order valence-corrected chi connectivity index (χ3v) is 6.45. The van der Waals surface area contributed by atoms with Crippen LogP contribution in [0.4, 0.5) is 0 Å². The number of aliphatic hydroxyl groups excluding tert-OH is 1. The molecule has 0 bridgehead atoms. The Kier molecular flexibility index (Phi) is 10.9. The number of benzene rings is 1. The van der Waals surface area contributed by atoms with Crippen molar-refractivity contribution in [1.29, 1.82) is 0 Å². The summed E-state index contributed by atoms with van der Waals surface area (Å²) in [6.45, 7) is 5.80. The summed E-state index contributed by atoms with van der Waals surface area (Å²) < 4.78 is 0. The van der Waals surface area contributed by atoms with E-state index in [0.717, 1.165) is 11.3 Å². The minimum absolute atomic E-state index is 0.0343. The predicted molar refractivity (Wildman–Crippen MR) is 145 cm³/mol. The van der Waals surface area contributed by atoms with Gasteiger partial charge in [0.05, 0.1) is 18.3 Å². The molecule has 0 aliphatic carbocycles. The first-order valence-corrected chi connectivity index (χ1v) is 13.2. The smallest absolute Gasteiger partial charge is 0.245 e. The van der Waals surface area contributed by atoms with Gasteiger partial charge in [-0.25, -0.2) is 0 Å². The molecule has 0 spiro atoms. The van der Waals surface area contributed by atoms with Gasteiger partial charge in [0.2, 0.25) is 23.6 Å². The van der Waals surface area contributed by atoms with E-state index >= 15 is 0 Å². The van der Waals surface area contributed by atoms with Gasteiger partial charge in [0.25, 0.3) is 0 Å². The van der Waals surface area contributed by atoms with Crippen molar-refractivity contribution >= 4 is 23.6 Å². The van der Waals surface area contributed by atoms with Crippen LogP contribution in [0.25, 0.3) is 0 Å². The molecule has 1 aliphatic heterocycles. The van der Waals surface area contributed by atoms with Crippen LogP contribution in [0.15, 0.2) is 54.7 Å². The molecule has 11 heteroatoms. The van der Waals surface area contributed by atoms with Crippen molar-refractivity contribution in [2.45, 2.75) is 58.0 Å². The largest absolute Gasteiger partial charge is 0.391 e. The standard InChI is InChI=1S/C28H38N6O5/c1-18(2)24-28(39)31-22(15-20-9-5-4-6-10-20)26(37)33-25(19(3)35)27(38)30-13-14-34(17-23(36)32-24)16-21-11-7-8-12-29-21/h4-12,18-19,22,24-25,35H,13-17H2,1-3H3,(H,30,38)(H,31,39)(H,32,36)(H,33,37)/t19-,22+,24-,25+/m1/s1. The minimum Gasteiger partial charge on any atom is -0.391 e. The average molecular weight is 539 g/mol. The number of carbonyl (C=O) groups excluding carboxylic acids is 4. The number of hydrogen-bond acceptors (Lipinski definition) is 7. The summed E-state index contributed by atoms with van der Waals surface area (Å²) in [4.78, 5) is 58.9. The summed E-state index contributed by atoms with van der Waals surface area (Å²) >= 11 is 0. The van der Waals surface area contributed by atoms with Crippen LogP contribution in [0.5, 0.6) is 0 Å². The lowest BCUT2D eigenvalue weighted by Gasteiger charge is -2.27. The van der Waals surface area contributed by atoms with Gasteiger partial charge < -0.3 is 26.4 Å². The molecule has 39 heavy (non-hydrogen) atoms. The molecule has 3 rings (SSSR count). The van der Waals surface area contributed by atoms with E-state index < -0.39 is 42.0 Å². The minimum atomic E-state index is -1.23. The second-order valence-corrected chi connectivity index (χ2v) is 10.1. The van der Waals surface area contributed by atoms with Gasteiger partial charge in [-0.1, -0.05) is 50.2 Å². The van der Waals surface area contributed by atoms with Crippen LogP contribution in [0, 0.1) is 5.92 Å². The molecule has 4 atom stereocenters. The highest BCUT2D eigenvalue weighted by atomic mass is 16.3. The number of nitrogens with zero attached hydrogens (tertiary/aromatic N) is 2. The molecule has 11 nitrogen and oxygen atoms in total. The van der Waals surface area contributed by atoms with Crippen molar-refractivity contribution < 1.29 is 24.3 Å². The Morgan fingerprint density at radius 2 is 1.62 bits per heavy atom. The zero-order valence-corrected chi connectivity index (χ0v) is 22.6. The molecule has 0 radical (unpaired) electrons. The Labute approximate surface area is 228 Å². The molecule has 2 aromatic rings. The number of rotatable bonds is 6. The van der Waals surface area contributed by atoms with Gasteiger partial charge in [0, 0.05) is 32.3 Å². The Hall–Kier alpha value is -3.83. The van der Waals surface area contributed by atoms with Gasteiger partial charge >= 0.3 is 0 Å².